The van der Waals surface area contributed by atoms with Gasteiger partial charge in [0.15, 0.2) is 0 Å². The van der Waals surface area contributed by atoms with Crippen molar-refractivity contribution in [2.24, 2.45) is 32.5 Å². The number of unbranched alkanes of at least 4 members (excludes halogenated alkanes) is 6. The minimum Gasteiger partial charge on any atom is -0.481 e. The van der Waals surface area contributed by atoms with Crippen molar-refractivity contribution < 1.29 is 75.7 Å². The Morgan fingerprint density at radius 3 is 0.490 bits per heavy atom. The first-order valence-electron chi connectivity index (χ1n) is 38.9. The number of rotatable bonds is 48. The number of carboxylic acid groups (broad SMARTS) is 3. The first-order chi connectivity index (χ1) is 47.9. The molecule has 0 fully saturated rings. The van der Waals surface area contributed by atoms with Crippen molar-refractivity contribution in [2.45, 2.75) is 332 Å². The Balaban J connectivity index is 0.000000324. The van der Waals surface area contributed by atoms with Gasteiger partial charge in [-0.05, 0) is 298 Å². The molecule has 0 radical (unpaired) electrons. The van der Waals surface area contributed by atoms with Crippen LogP contribution in [-0.4, -0.2) is 136 Å². The summed E-state index contributed by atoms with van der Waals surface area (Å²) in [5.41, 5.74) is 10.5. The van der Waals surface area contributed by atoms with Crippen molar-refractivity contribution in [1.29, 1.82) is 0 Å². The van der Waals surface area contributed by atoms with Crippen LogP contribution < -0.4 is 0 Å². The summed E-state index contributed by atoms with van der Waals surface area (Å²) in [6.45, 7) is 23.7. The molecule has 0 aromatic heterocycles. The Bertz CT molecular complexity index is 2950. The van der Waals surface area contributed by atoms with E-state index in [2.05, 4.69) is 78.0 Å². The predicted molar refractivity (Wildman–Crippen MR) is 412 cm³/mol. The van der Waals surface area contributed by atoms with E-state index < -0.39 is 70.8 Å². The average molecular weight is 1420 g/mol. The maximum Gasteiger partial charge on any atom is 0.309 e. The molecule has 6 aliphatic rings. The second kappa shape index (κ2) is 42.9. The third kappa shape index (κ3) is 30.4. The molecule has 6 rings (SSSR count). The van der Waals surface area contributed by atoms with Crippen LogP contribution in [0.1, 0.15) is 295 Å². The number of hydrogen-bond donors (Lipinski definition) is 12. The smallest absolute Gasteiger partial charge is 0.309 e. The molecule has 0 amide bonds. The van der Waals surface area contributed by atoms with Gasteiger partial charge in [0, 0.05) is 19.8 Å². The molecular weight excluding hydrogens is 1280 g/mol. The van der Waals surface area contributed by atoms with Crippen LogP contribution in [-0.2, 0) is 14.4 Å². The summed E-state index contributed by atoms with van der Waals surface area (Å²) in [5, 5.41) is 120. The molecule has 0 saturated heterocycles. The van der Waals surface area contributed by atoms with Gasteiger partial charge in [-0.2, -0.15) is 0 Å². The molecule has 6 atom stereocenters. The summed E-state index contributed by atoms with van der Waals surface area (Å²) in [6, 6.07) is 0. The quantitative estimate of drug-likeness (QED) is 0.0252. The number of aliphatic carboxylic acids is 3. The first-order valence-corrected chi connectivity index (χ1v) is 38.9. The SMILES string of the molecule is CC(C)(CCCCC1=CC=C(CCCC2=CC=C(CCCCC(C)(C)C(=O)O)C2O)C1O)C(=O)O.CC(C)(CO)CCCCC1=CC=C(CCCC2=CC=C(CCCCC(C)(C)C(=O)O)C2O)C1O.CC(C)(CO)CCCCC1=CC=C(CCCC2=CC=C(CCCCC(C)(C)CO)C2O)C1O. The van der Waals surface area contributed by atoms with Crippen molar-refractivity contribution in [3.8, 4) is 0 Å². The van der Waals surface area contributed by atoms with Crippen LogP contribution in [0.5, 0.6) is 0 Å². The van der Waals surface area contributed by atoms with Crippen LogP contribution >= 0.6 is 0 Å². The Morgan fingerprint density at radius 2 is 0.363 bits per heavy atom. The molecule has 15 heteroatoms. The molecule has 0 aliphatic heterocycles. The van der Waals surface area contributed by atoms with E-state index in [9.17, 15) is 75.7 Å². The highest BCUT2D eigenvalue weighted by Crippen LogP contribution is 2.38. The average Bonchev–Trinajstić information content (AvgIpc) is 1.73. The summed E-state index contributed by atoms with van der Waals surface area (Å²) in [4.78, 5) is 33.6. The summed E-state index contributed by atoms with van der Waals surface area (Å²) in [7, 11) is 0. The molecule has 6 unspecified atom stereocenters. The van der Waals surface area contributed by atoms with E-state index in [1.54, 1.807) is 41.5 Å². The van der Waals surface area contributed by atoms with Crippen molar-refractivity contribution in [2.75, 3.05) is 19.8 Å². The van der Waals surface area contributed by atoms with E-state index in [0.717, 1.165) is 260 Å². The minimum atomic E-state index is -0.772. The lowest BCUT2D eigenvalue weighted by Crippen LogP contribution is -2.23. The molecule has 0 saturated carbocycles. The number of carbonyl (C=O) groups is 3. The minimum absolute atomic E-state index is 0.0167. The largest absolute Gasteiger partial charge is 0.481 e. The zero-order valence-corrected chi connectivity index (χ0v) is 64.9. The predicted octanol–water partition coefficient (Wildman–Crippen LogP) is 17.6. The van der Waals surface area contributed by atoms with Gasteiger partial charge in [0.1, 0.15) is 0 Å². The van der Waals surface area contributed by atoms with Crippen LogP contribution in [0.3, 0.4) is 0 Å². The zero-order chi connectivity index (χ0) is 76.1. The van der Waals surface area contributed by atoms with Gasteiger partial charge < -0.3 is 61.3 Å². The molecule has 0 heterocycles. The van der Waals surface area contributed by atoms with E-state index in [1.165, 1.54) is 0 Å². The molecule has 0 aromatic rings. The molecule has 12 N–H and O–H groups in total. The van der Waals surface area contributed by atoms with Crippen molar-refractivity contribution in [3.63, 3.8) is 0 Å². The van der Waals surface area contributed by atoms with E-state index in [0.29, 0.717) is 19.3 Å². The Kier molecular flexibility index (Phi) is 37.6. The lowest BCUT2D eigenvalue weighted by atomic mass is 9.86. The fourth-order valence-corrected chi connectivity index (χ4v) is 14.0. The van der Waals surface area contributed by atoms with E-state index >= 15 is 0 Å². The van der Waals surface area contributed by atoms with Gasteiger partial charge in [-0.25, -0.2) is 0 Å². The maximum absolute atomic E-state index is 11.2. The number of hydrogen-bond acceptors (Lipinski definition) is 12. The Labute approximate surface area is 614 Å². The van der Waals surface area contributed by atoms with E-state index in [1.807, 2.05) is 36.5 Å². The summed E-state index contributed by atoms with van der Waals surface area (Å²) in [6.07, 6.45) is 50.4. The fraction of sp³-hybridized carbons (Fsp3) is 0.690. The molecule has 15 nitrogen and oxygen atoms in total. The number of allylic oxidation sites excluding steroid dienone is 12. The van der Waals surface area contributed by atoms with Gasteiger partial charge in [0.25, 0.3) is 0 Å². The fourth-order valence-electron chi connectivity index (χ4n) is 14.0. The summed E-state index contributed by atoms with van der Waals surface area (Å²) >= 11 is 0. The lowest BCUT2D eigenvalue weighted by Gasteiger charge is -2.21. The lowest BCUT2D eigenvalue weighted by molar-refractivity contribution is -0.148. The highest BCUT2D eigenvalue weighted by atomic mass is 16.4. The van der Waals surface area contributed by atoms with Gasteiger partial charge in [-0.3, -0.25) is 14.4 Å². The molecule has 6 aliphatic carbocycles. The third-order valence-corrected chi connectivity index (χ3v) is 22.4. The van der Waals surface area contributed by atoms with Gasteiger partial charge >= 0.3 is 17.9 Å². The molecule has 0 aromatic carbocycles. The molecule has 0 bridgehead atoms. The molecular formula is C87H138O15. The van der Waals surface area contributed by atoms with Crippen molar-refractivity contribution in [1.82, 2.24) is 0 Å². The highest BCUT2D eigenvalue weighted by molar-refractivity contribution is 5.74. The van der Waals surface area contributed by atoms with Crippen LogP contribution in [0.25, 0.3) is 0 Å². The van der Waals surface area contributed by atoms with Crippen molar-refractivity contribution in [3.05, 3.63) is 140 Å². The topological polar surface area (TPSA) is 294 Å². The number of aliphatic hydroxyl groups excluding tert-OH is 9. The monoisotopic (exact) mass is 1420 g/mol. The number of aliphatic hydroxyl groups is 9. The van der Waals surface area contributed by atoms with Gasteiger partial charge in [-0.15, -0.1) is 0 Å². The maximum atomic E-state index is 11.2. The number of carboxylic acids is 3. The van der Waals surface area contributed by atoms with Crippen LogP contribution in [0.15, 0.2) is 140 Å². The summed E-state index contributed by atoms with van der Waals surface area (Å²) < 4.78 is 0. The van der Waals surface area contributed by atoms with E-state index in [-0.39, 0.29) is 36.1 Å². The van der Waals surface area contributed by atoms with Gasteiger partial charge in [-0.1, -0.05) is 153 Å². The molecule has 102 heavy (non-hydrogen) atoms. The van der Waals surface area contributed by atoms with Crippen LogP contribution in [0.4, 0.5) is 0 Å². The normalized spacial score (nSPS) is 20.8. The van der Waals surface area contributed by atoms with Crippen LogP contribution in [0, 0.1) is 32.5 Å². The first kappa shape index (κ1) is 89.3. The second-order valence-corrected chi connectivity index (χ2v) is 34.7. The standard InChI is InChI=1S/C29H44O6.C29H46O5.C29H48O4/c1-28(2,26(32)33)18-7-5-10-20-14-16-22(24(20)30)12-9-13-23-17-15-21(25(23)31)11-6-8-19-29(3,4)27(34)35;1-28(2,20-30)18-7-5-10-21-14-16-23(25(21)31)12-9-13-24-17-15-22(26(24)32)11-6-8-19-29(3,4)27(33)34;1-28(2,20-30)18-7-5-10-22-14-16-24(26(22)32)12-9-13-25-17-15-23(27(25)33)11-6-8-19-29(3,4)21-31/h14-17,24-25,30-31H,5-13,18-19H2,1-4H3,(H,32,33)(H,34,35);14-17,25-26,30-32H,5-13,18-20H2,1-4H3,(H,33,34);14-17,26-27,30-33H,5-13,18-21H2,1-4H3. The Hall–Kier alpha value is -5.07. The third-order valence-electron chi connectivity index (χ3n) is 22.4. The van der Waals surface area contributed by atoms with Crippen LogP contribution in [0.2, 0.25) is 0 Å². The summed E-state index contributed by atoms with van der Waals surface area (Å²) in [5.74, 6) is -2.30. The molecule has 576 valence electrons. The van der Waals surface area contributed by atoms with Gasteiger partial charge in [0.2, 0.25) is 0 Å². The van der Waals surface area contributed by atoms with Gasteiger partial charge in [0.05, 0.1) is 52.9 Å². The Morgan fingerprint density at radius 1 is 0.235 bits per heavy atom. The van der Waals surface area contributed by atoms with Crippen molar-refractivity contribution >= 4 is 17.9 Å². The van der Waals surface area contributed by atoms with E-state index in [4.69, 9.17) is 0 Å². The second-order valence-electron chi connectivity index (χ2n) is 34.7. The highest BCUT2D eigenvalue weighted by Gasteiger charge is 2.32. The zero-order valence-electron chi connectivity index (χ0n) is 64.9. The molecule has 0 spiro atoms.